The molecule has 0 saturated heterocycles. The summed E-state index contributed by atoms with van der Waals surface area (Å²) in [5, 5.41) is 5.26. The molecule has 0 aliphatic carbocycles. The molecule has 0 unspecified atom stereocenters. The SMILES string of the molecule is COc1ccc(CCNC(=O)C(=O)Nc2ccc(I)cc2C)cc1. The van der Waals surface area contributed by atoms with Gasteiger partial charge in [0.15, 0.2) is 0 Å². The number of methoxy groups -OCH3 is 1. The van der Waals surface area contributed by atoms with E-state index in [9.17, 15) is 9.59 Å². The van der Waals surface area contributed by atoms with Crippen molar-refractivity contribution >= 4 is 40.1 Å². The van der Waals surface area contributed by atoms with Crippen molar-refractivity contribution in [2.24, 2.45) is 0 Å². The van der Waals surface area contributed by atoms with Crippen LogP contribution in [-0.2, 0) is 16.0 Å². The Labute approximate surface area is 154 Å². The third-order valence-corrected chi connectivity index (χ3v) is 4.17. The molecule has 5 nitrogen and oxygen atoms in total. The largest absolute Gasteiger partial charge is 0.497 e. The van der Waals surface area contributed by atoms with Gasteiger partial charge in [-0.1, -0.05) is 12.1 Å². The van der Waals surface area contributed by atoms with Gasteiger partial charge >= 0.3 is 11.8 Å². The van der Waals surface area contributed by atoms with Gasteiger partial charge in [0.05, 0.1) is 7.11 Å². The minimum atomic E-state index is -0.658. The Bertz CT molecular complexity index is 730. The summed E-state index contributed by atoms with van der Waals surface area (Å²) < 4.78 is 6.17. The Morgan fingerprint density at radius 3 is 2.42 bits per heavy atom. The Balaban J connectivity index is 1.81. The highest BCUT2D eigenvalue weighted by Crippen LogP contribution is 2.17. The van der Waals surface area contributed by atoms with Crippen LogP contribution in [0.4, 0.5) is 5.69 Å². The number of carbonyl (C=O) groups excluding carboxylic acids is 2. The fourth-order valence-electron chi connectivity index (χ4n) is 2.14. The van der Waals surface area contributed by atoms with Crippen LogP contribution in [0.15, 0.2) is 42.5 Å². The van der Waals surface area contributed by atoms with Crippen molar-refractivity contribution in [1.82, 2.24) is 5.32 Å². The second-order valence-corrected chi connectivity index (χ2v) is 6.51. The van der Waals surface area contributed by atoms with Crippen molar-refractivity contribution in [3.63, 3.8) is 0 Å². The molecule has 2 aromatic rings. The molecule has 0 saturated carbocycles. The van der Waals surface area contributed by atoms with Gasteiger partial charge in [-0.05, 0) is 77.4 Å². The molecule has 126 valence electrons. The van der Waals surface area contributed by atoms with E-state index < -0.39 is 11.8 Å². The van der Waals surface area contributed by atoms with Crippen LogP contribution >= 0.6 is 22.6 Å². The number of hydrogen-bond acceptors (Lipinski definition) is 3. The minimum absolute atomic E-state index is 0.393. The van der Waals surface area contributed by atoms with Crippen molar-refractivity contribution in [3.05, 3.63) is 57.2 Å². The molecule has 6 heteroatoms. The molecule has 0 heterocycles. The van der Waals surface area contributed by atoms with Gasteiger partial charge in [-0.25, -0.2) is 0 Å². The van der Waals surface area contributed by atoms with E-state index in [1.54, 1.807) is 13.2 Å². The summed E-state index contributed by atoms with van der Waals surface area (Å²) in [6, 6.07) is 13.2. The van der Waals surface area contributed by atoms with E-state index in [-0.39, 0.29) is 0 Å². The maximum atomic E-state index is 11.9. The Hall–Kier alpha value is -2.09. The predicted molar refractivity (Wildman–Crippen MR) is 102 cm³/mol. The summed E-state index contributed by atoms with van der Waals surface area (Å²) in [5.41, 5.74) is 2.62. The molecule has 2 rings (SSSR count). The van der Waals surface area contributed by atoms with Crippen molar-refractivity contribution in [1.29, 1.82) is 0 Å². The zero-order chi connectivity index (χ0) is 17.5. The first kappa shape index (κ1) is 18.3. The fourth-order valence-corrected chi connectivity index (χ4v) is 2.79. The quantitative estimate of drug-likeness (QED) is 0.558. The second-order valence-electron chi connectivity index (χ2n) is 5.27. The molecule has 2 amide bonds. The zero-order valence-corrected chi connectivity index (χ0v) is 15.7. The van der Waals surface area contributed by atoms with Crippen molar-refractivity contribution in [3.8, 4) is 5.75 Å². The average Bonchev–Trinajstić information content (AvgIpc) is 2.57. The van der Waals surface area contributed by atoms with Crippen LogP contribution in [-0.4, -0.2) is 25.5 Å². The summed E-state index contributed by atoms with van der Waals surface area (Å²) in [4.78, 5) is 23.8. The van der Waals surface area contributed by atoms with E-state index in [1.165, 1.54) is 0 Å². The lowest BCUT2D eigenvalue weighted by atomic mass is 10.1. The molecular weight excluding hydrogens is 419 g/mol. The van der Waals surface area contributed by atoms with Gasteiger partial charge in [0.2, 0.25) is 0 Å². The van der Waals surface area contributed by atoms with Crippen LogP contribution in [0.1, 0.15) is 11.1 Å². The molecular formula is C18H19IN2O3. The van der Waals surface area contributed by atoms with E-state index in [2.05, 4.69) is 33.2 Å². The summed E-state index contributed by atoms with van der Waals surface area (Å²) in [6.45, 7) is 2.28. The first-order valence-corrected chi connectivity index (χ1v) is 8.55. The lowest BCUT2D eigenvalue weighted by Crippen LogP contribution is -2.36. The van der Waals surface area contributed by atoms with E-state index in [4.69, 9.17) is 4.74 Å². The van der Waals surface area contributed by atoms with E-state index in [0.29, 0.717) is 18.7 Å². The van der Waals surface area contributed by atoms with E-state index in [0.717, 1.165) is 20.4 Å². The zero-order valence-electron chi connectivity index (χ0n) is 13.6. The first-order valence-electron chi connectivity index (χ1n) is 7.48. The molecule has 2 aromatic carbocycles. The molecule has 0 bridgehead atoms. The number of rotatable bonds is 5. The van der Waals surface area contributed by atoms with Crippen molar-refractivity contribution in [2.75, 3.05) is 19.0 Å². The third kappa shape index (κ3) is 5.23. The van der Waals surface area contributed by atoms with Crippen molar-refractivity contribution in [2.45, 2.75) is 13.3 Å². The van der Waals surface area contributed by atoms with Gasteiger partial charge in [-0.3, -0.25) is 9.59 Å². The number of aryl methyl sites for hydroxylation is 1. The molecule has 0 aromatic heterocycles. The second kappa shape index (κ2) is 8.68. The number of benzene rings is 2. The summed E-state index contributed by atoms with van der Waals surface area (Å²) in [6.07, 6.45) is 0.644. The van der Waals surface area contributed by atoms with Crippen LogP contribution in [0.3, 0.4) is 0 Å². The standard InChI is InChI=1S/C18H19IN2O3/c1-12-11-14(19)5-8-16(12)21-18(23)17(22)20-10-9-13-3-6-15(24-2)7-4-13/h3-8,11H,9-10H2,1-2H3,(H,20,22)(H,21,23). The number of hydrogen-bond donors (Lipinski definition) is 2. The van der Waals surface area contributed by atoms with Crippen LogP contribution in [0.25, 0.3) is 0 Å². The molecule has 0 fully saturated rings. The number of nitrogens with one attached hydrogen (secondary N) is 2. The minimum Gasteiger partial charge on any atom is -0.497 e. The number of ether oxygens (including phenoxy) is 1. The Morgan fingerprint density at radius 1 is 1.08 bits per heavy atom. The maximum Gasteiger partial charge on any atom is 0.313 e. The van der Waals surface area contributed by atoms with Crippen LogP contribution < -0.4 is 15.4 Å². The fraction of sp³-hybridized carbons (Fsp3) is 0.222. The normalized spacial score (nSPS) is 10.1. The third-order valence-electron chi connectivity index (χ3n) is 3.50. The van der Waals surface area contributed by atoms with Gasteiger partial charge < -0.3 is 15.4 Å². The number of carbonyl (C=O) groups is 2. The molecule has 0 aliphatic rings. The molecule has 2 N–H and O–H groups in total. The van der Waals surface area contributed by atoms with Gasteiger partial charge in [0.25, 0.3) is 0 Å². The van der Waals surface area contributed by atoms with Gasteiger partial charge in [-0.2, -0.15) is 0 Å². The Kier molecular flexibility index (Phi) is 6.60. The lowest BCUT2D eigenvalue weighted by Gasteiger charge is -2.09. The molecule has 24 heavy (non-hydrogen) atoms. The lowest BCUT2D eigenvalue weighted by molar-refractivity contribution is -0.136. The highest BCUT2D eigenvalue weighted by Gasteiger charge is 2.14. The summed E-state index contributed by atoms with van der Waals surface area (Å²) >= 11 is 2.20. The van der Waals surface area contributed by atoms with Gasteiger partial charge in [-0.15, -0.1) is 0 Å². The summed E-state index contributed by atoms with van der Waals surface area (Å²) in [7, 11) is 1.61. The molecule has 0 radical (unpaired) electrons. The number of halogens is 1. The van der Waals surface area contributed by atoms with E-state index >= 15 is 0 Å². The highest BCUT2D eigenvalue weighted by molar-refractivity contribution is 14.1. The van der Waals surface area contributed by atoms with Crippen LogP contribution in [0.5, 0.6) is 5.75 Å². The van der Waals surface area contributed by atoms with Crippen LogP contribution in [0.2, 0.25) is 0 Å². The van der Waals surface area contributed by atoms with Gasteiger partial charge in [0, 0.05) is 15.8 Å². The first-order chi connectivity index (χ1) is 11.5. The number of anilines is 1. The topological polar surface area (TPSA) is 67.4 Å². The maximum absolute atomic E-state index is 11.9. The van der Waals surface area contributed by atoms with Crippen LogP contribution in [0, 0.1) is 10.5 Å². The summed E-state index contributed by atoms with van der Waals surface area (Å²) in [5.74, 6) is -0.509. The highest BCUT2D eigenvalue weighted by atomic mass is 127. The monoisotopic (exact) mass is 438 g/mol. The molecule has 0 aliphatic heterocycles. The van der Waals surface area contributed by atoms with Gasteiger partial charge in [0.1, 0.15) is 5.75 Å². The smallest absolute Gasteiger partial charge is 0.313 e. The molecule has 0 spiro atoms. The van der Waals surface area contributed by atoms with E-state index in [1.807, 2.05) is 43.3 Å². The Morgan fingerprint density at radius 2 is 1.79 bits per heavy atom. The average molecular weight is 438 g/mol. The molecule has 0 atom stereocenters. The van der Waals surface area contributed by atoms with Crippen molar-refractivity contribution < 1.29 is 14.3 Å². The number of amides is 2. The predicted octanol–water partition coefficient (Wildman–Crippen LogP) is 2.91.